The van der Waals surface area contributed by atoms with E-state index < -0.39 is 12.4 Å². The summed E-state index contributed by atoms with van der Waals surface area (Å²) in [5.74, 6) is 0.617. The Hall–Kier alpha value is -4.81. The van der Waals surface area contributed by atoms with Gasteiger partial charge < -0.3 is 24.6 Å². The van der Waals surface area contributed by atoms with Crippen molar-refractivity contribution in [3.63, 3.8) is 0 Å². The van der Waals surface area contributed by atoms with Crippen LogP contribution in [0.2, 0.25) is 0 Å². The maximum absolute atomic E-state index is 12.0. The van der Waals surface area contributed by atoms with Crippen LogP contribution in [0.3, 0.4) is 0 Å². The summed E-state index contributed by atoms with van der Waals surface area (Å²) in [6.07, 6.45) is 0.697. The summed E-state index contributed by atoms with van der Waals surface area (Å²) < 4.78 is 19.9. The van der Waals surface area contributed by atoms with Crippen LogP contribution in [0.15, 0.2) is 121 Å². The number of nitrogens with zero attached hydrogens (tertiary/aromatic N) is 4. The maximum Gasteiger partial charge on any atom is 0.407 e. The van der Waals surface area contributed by atoms with Crippen molar-refractivity contribution in [1.82, 2.24) is 25.5 Å². The number of hydrogen-bond acceptors (Lipinski definition) is 9. The number of ether oxygens (including phenoxy) is 3. The molecule has 6 rings (SSSR count). The zero-order valence-electron chi connectivity index (χ0n) is 25.6. The number of aromatic nitrogens is 4. The van der Waals surface area contributed by atoms with Gasteiger partial charge in [-0.2, -0.15) is 4.68 Å². The van der Waals surface area contributed by atoms with E-state index in [4.69, 9.17) is 14.2 Å². The molecule has 1 amide bonds. The molecule has 1 aromatic heterocycles. The Morgan fingerprint density at radius 1 is 0.979 bits per heavy atom. The van der Waals surface area contributed by atoms with Gasteiger partial charge in [-0.25, -0.2) is 4.79 Å². The Morgan fingerprint density at radius 2 is 1.72 bits per heavy atom. The second-order valence-corrected chi connectivity index (χ2v) is 11.9. The molecule has 1 aliphatic heterocycles. The van der Waals surface area contributed by atoms with Crippen molar-refractivity contribution >= 4 is 17.9 Å². The number of amides is 1. The van der Waals surface area contributed by atoms with Gasteiger partial charge in [0.1, 0.15) is 6.61 Å². The minimum atomic E-state index is -0.604. The van der Waals surface area contributed by atoms with Gasteiger partial charge in [0.05, 0.1) is 24.5 Å². The molecule has 11 heteroatoms. The van der Waals surface area contributed by atoms with Gasteiger partial charge >= 0.3 is 6.09 Å². The SMILES string of the molecule is C=CCOC(=O)NCc1ccccc1-c1ccc([C@H]2O[C@@H](CSc3nnnn3-c3ccccc3)C[C@@H](c3ccc(CO)cc3)O2)cc1. The van der Waals surface area contributed by atoms with Crippen LogP contribution in [0.4, 0.5) is 4.79 Å². The lowest BCUT2D eigenvalue weighted by Gasteiger charge is -2.36. The summed E-state index contributed by atoms with van der Waals surface area (Å²) in [6.45, 7) is 4.03. The van der Waals surface area contributed by atoms with Gasteiger partial charge in [0.15, 0.2) is 6.29 Å². The molecule has 1 aliphatic rings. The standard InChI is InChI=1S/C36H35N5O5S/c1-2-20-44-36(43)37-22-29-8-6-7-11-32(29)26-16-18-28(19-17-26)34-45-31(21-33(46-34)27-14-12-25(23-42)13-15-27)24-47-35-38-39-40-41(35)30-9-4-3-5-10-30/h2-19,31,33-34,42H,1,20-24H2,(H,37,43)/t31-,33+,34+/m1/s1. The molecule has 4 aromatic carbocycles. The Bertz CT molecular complexity index is 1770. The summed E-state index contributed by atoms with van der Waals surface area (Å²) in [5.41, 5.74) is 6.59. The van der Waals surface area contributed by atoms with E-state index in [-0.39, 0.29) is 25.4 Å². The van der Waals surface area contributed by atoms with Crippen LogP contribution in [-0.2, 0) is 27.4 Å². The normalized spacial score (nSPS) is 17.6. The highest BCUT2D eigenvalue weighted by atomic mass is 32.2. The van der Waals surface area contributed by atoms with Crippen LogP contribution < -0.4 is 5.32 Å². The Kier molecular flexibility index (Phi) is 10.7. The number of rotatable bonds is 12. The van der Waals surface area contributed by atoms with Crippen molar-refractivity contribution in [2.24, 2.45) is 0 Å². The van der Waals surface area contributed by atoms with Crippen molar-refractivity contribution in [1.29, 1.82) is 0 Å². The van der Waals surface area contributed by atoms with E-state index in [2.05, 4.69) is 27.4 Å². The van der Waals surface area contributed by atoms with Crippen molar-refractivity contribution < 1.29 is 24.1 Å². The first-order chi connectivity index (χ1) is 23.1. The fraction of sp³-hybridized carbons (Fsp3) is 0.222. The van der Waals surface area contributed by atoms with Crippen LogP contribution in [-0.4, -0.2) is 49.9 Å². The number of tetrazole rings is 1. The Morgan fingerprint density at radius 3 is 2.49 bits per heavy atom. The number of para-hydroxylation sites is 1. The van der Waals surface area contributed by atoms with E-state index >= 15 is 0 Å². The summed E-state index contributed by atoms with van der Waals surface area (Å²) in [6, 6.07) is 33.6. The van der Waals surface area contributed by atoms with Crippen molar-refractivity contribution in [3.8, 4) is 16.8 Å². The average Bonchev–Trinajstić information content (AvgIpc) is 3.61. The monoisotopic (exact) mass is 649 g/mol. The second kappa shape index (κ2) is 15.7. The van der Waals surface area contributed by atoms with E-state index in [1.807, 2.05) is 103 Å². The molecule has 1 fully saturated rings. The number of alkyl carbamates (subject to hydrolysis) is 1. The molecular formula is C36H35N5O5S. The molecule has 10 nitrogen and oxygen atoms in total. The van der Waals surface area contributed by atoms with E-state index in [0.29, 0.717) is 23.9 Å². The molecule has 3 atom stereocenters. The summed E-state index contributed by atoms with van der Waals surface area (Å²) in [7, 11) is 0. The van der Waals surface area contributed by atoms with E-state index in [9.17, 15) is 9.90 Å². The summed E-state index contributed by atoms with van der Waals surface area (Å²) >= 11 is 1.54. The average molecular weight is 650 g/mol. The minimum Gasteiger partial charge on any atom is -0.445 e. The number of aliphatic hydroxyl groups is 1. The molecule has 5 aromatic rings. The van der Waals surface area contributed by atoms with E-state index in [1.54, 1.807) is 4.68 Å². The van der Waals surface area contributed by atoms with Gasteiger partial charge in [-0.3, -0.25) is 0 Å². The maximum atomic E-state index is 12.0. The number of nitrogens with one attached hydrogen (secondary N) is 1. The third kappa shape index (κ3) is 8.13. The molecule has 2 N–H and O–H groups in total. The zero-order chi connectivity index (χ0) is 32.4. The molecule has 2 heterocycles. The fourth-order valence-corrected chi connectivity index (χ4v) is 6.23. The number of aliphatic hydroxyl groups excluding tert-OH is 1. The fourth-order valence-electron chi connectivity index (χ4n) is 5.32. The zero-order valence-corrected chi connectivity index (χ0v) is 26.5. The lowest BCUT2D eigenvalue weighted by Crippen LogP contribution is -2.31. The van der Waals surface area contributed by atoms with Crippen LogP contribution in [0, 0.1) is 0 Å². The molecule has 0 unspecified atom stereocenters. The van der Waals surface area contributed by atoms with Gasteiger partial charge in [-0.05, 0) is 50.4 Å². The van der Waals surface area contributed by atoms with Gasteiger partial charge in [0.2, 0.25) is 5.16 Å². The predicted molar refractivity (Wildman–Crippen MR) is 179 cm³/mol. The van der Waals surface area contributed by atoms with Gasteiger partial charge in [0.25, 0.3) is 0 Å². The highest BCUT2D eigenvalue weighted by Gasteiger charge is 2.32. The van der Waals surface area contributed by atoms with Crippen LogP contribution in [0.5, 0.6) is 0 Å². The molecule has 0 saturated carbocycles. The van der Waals surface area contributed by atoms with Crippen molar-refractivity contribution in [3.05, 3.63) is 138 Å². The first kappa shape index (κ1) is 32.1. The topological polar surface area (TPSA) is 121 Å². The first-order valence-electron chi connectivity index (χ1n) is 15.3. The molecule has 0 spiro atoms. The Labute approximate surface area is 277 Å². The largest absolute Gasteiger partial charge is 0.445 e. The van der Waals surface area contributed by atoms with Crippen LogP contribution >= 0.6 is 11.8 Å². The summed E-state index contributed by atoms with van der Waals surface area (Å²) in [5, 5.41) is 25.4. The minimum absolute atomic E-state index is 0.0160. The molecule has 0 bridgehead atoms. The van der Waals surface area contributed by atoms with Crippen LogP contribution in [0.25, 0.3) is 16.8 Å². The molecule has 240 valence electrons. The smallest absolute Gasteiger partial charge is 0.407 e. The quantitative estimate of drug-likeness (QED) is 0.114. The number of carbonyl (C=O) groups is 1. The number of thioether (sulfide) groups is 1. The van der Waals surface area contributed by atoms with E-state index in [1.165, 1.54) is 17.8 Å². The third-order valence-electron chi connectivity index (χ3n) is 7.72. The first-order valence-corrected chi connectivity index (χ1v) is 16.3. The van der Waals surface area contributed by atoms with Crippen LogP contribution in [0.1, 0.15) is 41.1 Å². The highest BCUT2D eigenvalue weighted by Crippen LogP contribution is 2.40. The molecule has 0 aliphatic carbocycles. The second-order valence-electron chi connectivity index (χ2n) is 10.9. The highest BCUT2D eigenvalue weighted by molar-refractivity contribution is 7.99. The summed E-state index contributed by atoms with van der Waals surface area (Å²) in [4.78, 5) is 12.0. The van der Waals surface area contributed by atoms with Gasteiger partial charge in [0, 0.05) is 24.3 Å². The molecule has 47 heavy (non-hydrogen) atoms. The molecular weight excluding hydrogens is 614 g/mol. The predicted octanol–water partition coefficient (Wildman–Crippen LogP) is 6.57. The third-order valence-corrected chi connectivity index (χ3v) is 8.77. The molecule has 0 radical (unpaired) electrons. The number of benzene rings is 4. The van der Waals surface area contributed by atoms with Crippen molar-refractivity contribution in [2.45, 2.75) is 43.2 Å². The van der Waals surface area contributed by atoms with Gasteiger partial charge in [-0.1, -0.05) is 115 Å². The van der Waals surface area contributed by atoms with Crippen molar-refractivity contribution in [2.75, 3.05) is 12.4 Å². The molecule has 1 saturated heterocycles. The van der Waals surface area contributed by atoms with E-state index in [0.717, 1.165) is 39.1 Å². The Balaban J connectivity index is 1.19. The lowest BCUT2D eigenvalue weighted by molar-refractivity contribution is -0.245. The lowest BCUT2D eigenvalue weighted by atomic mass is 9.98. The number of carbonyl (C=O) groups excluding carboxylic acids is 1. The number of hydrogen-bond donors (Lipinski definition) is 2. The van der Waals surface area contributed by atoms with Gasteiger partial charge in [-0.15, -0.1) is 5.10 Å².